The number of sulfonamides is 1. The third-order valence-electron chi connectivity index (χ3n) is 5.03. The topological polar surface area (TPSA) is 84.9 Å². The van der Waals surface area contributed by atoms with Gasteiger partial charge in [-0.25, -0.2) is 22.8 Å². The van der Waals surface area contributed by atoms with Crippen molar-refractivity contribution in [3.8, 4) is 5.75 Å². The molecule has 8 nitrogen and oxygen atoms in total. The van der Waals surface area contributed by atoms with E-state index >= 15 is 0 Å². The van der Waals surface area contributed by atoms with Gasteiger partial charge >= 0.3 is 0 Å². The Morgan fingerprint density at radius 3 is 2.76 bits per heavy atom. The molecule has 156 valence electrons. The Morgan fingerprint density at radius 2 is 2.03 bits per heavy atom. The Hall–Kier alpha value is -2.30. The molecule has 2 aromatic rings. The monoisotopic (exact) mass is 422 g/mol. The number of benzene rings is 1. The molecular weight excluding hydrogens is 399 g/mol. The zero-order chi connectivity index (χ0) is 20.4. The van der Waals surface area contributed by atoms with Crippen LogP contribution in [0.15, 0.2) is 29.3 Å². The van der Waals surface area contributed by atoms with Crippen molar-refractivity contribution in [3.63, 3.8) is 0 Å². The first-order valence-corrected chi connectivity index (χ1v) is 11.0. The van der Waals surface area contributed by atoms with Gasteiger partial charge in [-0.05, 0) is 37.1 Å². The van der Waals surface area contributed by atoms with Gasteiger partial charge < -0.3 is 14.4 Å². The molecule has 3 heterocycles. The second-order valence-corrected chi connectivity index (χ2v) is 8.79. The number of hydrogen-bond donors (Lipinski definition) is 0. The lowest BCUT2D eigenvalue weighted by Gasteiger charge is -2.30. The van der Waals surface area contributed by atoms with Crippen molar-refractivity contribution in [1.82, 2.24) is 14.3 Å². The predicted molar refractivity (Wildman–Crippen MR) is 104 cm³/mol. The standard InChI is InChI=1S/C19H23FN4O4S/c1-2-28-18-4-3-15(11-16(18)20)29(25,26)24-6-5-14-12-21-19(22-17(14)13-24)23-7-9-27-10-8-23/h3-4,11-12H,2,5-10,13H2,1H3. The van der Waals surface area contributed by atoms with Gasteiger partial charge in [-0.1, -0.05) is 0 Å². The minimum absolute atomic E-state index is 0.0401. The first-order chi connectivity index (χ1) is 14.0. The number of fused-ring (bicyclic) bond motifs is 1. The highest BCUT2D eigenvalue weighted by Gasteiger charge is 2.30. The van der Waals surface area contributed by atoms with Crippen molar-refractivity contribution in [2.75, 3.05) is 44.4 Å². The van der Waals surface area contributed by atoms with E-state index in [0.717, 1.165) is 11.6 Å². The molecule has 1 saturated heterocycles. The third kappa shape index (κ3) is 4.05. The molecule has 1 aromatic heterocycles. The van der Waals surface area contributed by atoms with Crippen molar-refractivity contribution in [2.45, 2.75) is 24.8 Å². The van der Waals surface area contributed by atoms with Crippen molar-refractivity contribution < 1.29 is 22.3 Å². The highest BCUT2D eigenvalue weighted by atomic mass is 32.2. The summed E-state index contributed by atoms with van der Waals surface area (Å²) in [6.07, 6.45) is 2.28. The quantitative estimate of drug-likeness (QED) is 0.724. The normalized spacial score (nSPS) is 17.8. The van der Waals surface area contributed by atoms with Gasteiger partial charge in [-0.3, -0.25) is 0 Å². The summed E-state index contributed by atoms with van der Waals surface area (Å²) in [7, 11) is -3.85. The van der Waals surface area contributed by atoms with E-state index in [4.69, 9.17) is 9.47 Å². The molecule has 0 spiro atoms. The van der Waals surface area contributed by atoms with E-state index in [1.165, 1.54) is 16.4 Å². The number of rotatable bonds is 5. The van der Waals surface area contributed by atoms with Crippen LogP contribution in [0.1, 0.15) is 18.2 Å². The average molecular weight is 422 g/mol. The van der Waals surface area contributed by atoms with Gasteiger partial charge in [0.05, 0.1) is 37.0 Å². The molecule has 0 saturated carbocycles. The lowest BCUT2D eigenvalue weighted by molar-refractivity contribution is 0.122. The second kappa shape index (κ2) is 8.21. The highest BCUT2D eigenvalue weighted by Crippen LogP contribution is 2.27. The summed E-state index contributed by atoms with van der Waals surface area (Å²) in [6.45, 7) is 5.10. The molecule has 2 aliphatic rings. The molecule has 2 aliphatic heterocycles. The molecule has 4 rings (SSSR count). The fourth-order valence-electron chi connectivity index (χ4n) is 3.45. The molecule has 0 bridgehead atoms. The Kier molecular flexibility index (Phi) is 5.66. The van der Waals surface area contributed by atoms with Crippen LogP contribution in [0.25, 0.3) is 0 Å². The Bertz CT molecular complexity index is 996. The molecule has 1 fully saturated rings. The van der Waals surface area contributed by atoms with E-state index in [0.29, 0.717) is 57.5 Å². The summed E-state index contributed by atoms with van der Waals surface area (Å²) < 4.78 is 52.1. The molecule has 0 atom stereocenters. The van der Waals surface area contributed by atoms with Gasteiger partial charge in [0, 0.05) is 25.8 Å². The SMILES string of the molecule is CCOc1ccc(S(=O)(=O)N2CCc3cnc(N4CCOCC4)nc3C2)cc1F. The second-order valence-electron chi connectivity index (χ2n) is 6.86. The van der Waals surface area contributed by atoms with E-state index in [1.54, 1.807) is 13.1 Å². The lowest BCUT2D eigenvalue weighted by atomic mass is 10.1. The average Bonchev–Trinajstić information content (AvgIpc) is 2.75. The van der Waals surface area contributed by atoms with Crippen LogP contribution in [0.3, 0.4) is 0 Å². The maximum Gasteiger partial charge on any atom is 0.243 e. The van der Waals surface area contributed by atoms with Gasteiger partial charge in [-0.2, -0.15) is 4.31 Å². The highest BCUT2D eigenvalue weighted by molar-refractivity contribution is 7.89. The molecule has 0 amide bonds. The summed E-state index contributed by atoms with van der Waals surface area (Å²) in [6, 6.07) is 3.73. The van der Waals surface area contributed by atoms with Gasteiger partial charge in [0.1, 0.15) is 0 Å². The van der Waals surface area contributed by atoms with Crippen LogP contribution in [0.2, 0.25) is 0 Å². The van der Waals surface area contributed by atoms with E-state index in [9.17, 15) is 12.8 Å². The molecule has 29 heavy (non-hydrogen) atoms. The number of aromatic nitrogens is 2. The molecule has 0 unspecified atom stereocenters. The minimum Gasteiger partial charge on any atom is -0.491 e. The van der Waals surface area contributed by atoms with Gasteiger partial charge in [-0.15, -0.1) is 0 Å². The van der Waals surface area contributed by atoms with Gasteiger partial charge in [0.15, 0.2) is 11.6 Å². The summed E-state index contributed by atoms with van der Waals surface area (Å²) in [5.41, 5.74) is 1.62. The van der Waals surface area contributed by atoms with Crippen LogP contribution in [0.4, 0.5) is 10.3 Å². The van der Waals surface area contributed by atoms with Crippen molar-refractivity contribution >= 4 is 16.0 Å². The zero-order valence-corrected chi connectivity index (χ0v) is 17.0. The van der Waals surface area contributed by atoms with Gasteiger partial charge in [0.2, 0.25) is 16.0 Å². The lowest BCUT2D eigenvalue weighted by Crippen LogP contribution is -2.39. The van der Waals surface area contributed by atoms with E-state index in [1.807, 2.05) is 4.90 Å². The van der Waals surface area contributed by atoms with Crippen LogP contribution >= 0.6 is 0 Å². The maximum absolute atomic E-state index is 14.2. The fraction of sp³-hybridized carbons (Fsp3) is 0.474. The van der Waals surface area contributed by atoms with Crippen LogP contribution in [-0.4, -0.2) is 62.1 Å². The fourth-order valence-corrected chi connectivity index (χ4v) is 4.87. The Morgan fingerprint density at radius 1 is 1.24 bits per heavy atom. The molecule has 0 N–H and O–H groups in total. The molecule has 0 aliphatic carbocycles. The summed E-state index contributed by atoms with van der Waals surface area (Å²) in [5.74, 6) is -0.0704. The zero-order valence-electron chi connectivity index (χ0n) is 16.2. The number of morpholine rings is 1. The minimum atomic E-state index is -3.85. The van der Waals surface area contributed by atoms with E-state index in [2.05, 4.69) is 9.97 Å². The molecule has 10 heteroatoms. The van der Waals surface area contributed by atoms with Crippen LogP contribution in [-0.2, 0) is 27.7 Å². The van der Waals surface area contributed by atoms with E-state index in [-0.39, 0.29) is 17.2 Å². The summed E-state index contributed by atoms with van der Waals surface area (Å²) in [4.78, 5) is 11.0. The van der Waals surface area contributed by atoms with Crippen molar-refractivity contribution in [1.29, 1.82) is 0 Å². The van der Waals surface area contributed by atoms with Crippen molar-refractivity contribution in [3.05, 3.63) is 41.5 Å². The first kappa shape index (κ1) is 20.0. The number of anilines is 1. The Labute approximate surface area is 169 Å². The van der Waals surface area contributed by atoms with Crippen LogP contribution in [0.5, 0.6) is 5.75 Å². The number of halogens is 1. The molecular formula is C19H23FN4O4S. The number of nitrogens with zero attached hydrogens (tertiary/aromatic N) is 4. The maximum atomic E-state index is 14.2. The van der Waals surface area contributed by atoms with Gasteiger partial charge in [0.25, 0.3) is 0 Å². The van der Waals surface area contributed by atoms with Crippen LogP contribution < -0.4 is 9.64 Å². The largest absolute Gasteiger partial charge is 0.491 e. The number of hydrogen-bond acceptors (Lipinski definition) is 7. The first-order valence-electron chi connectivity index (χ1n) is 9.59. The Balaban J connectivity index is 1.57. The molecule has 1 aromatic carbocycles. The smallest absolute Gasteiger partial charge is 0.243 e. The summed E-state index contributed by atoms with van der Waals surface area (Å²) in [5, 5.41) is 0. The van der Waals surface area contributed by atoms with Crippen molar-refractivity contribution in [2.24, 2.45) is 0 Å². The van der Waals surface area contributed by atoms with E-state index < -0.39 is 15.8 Å². The predicted octanol–water partition coefficient (Wildman–Crippen LogP) is 1.60. The molecule has 0 radical (unpaired) electrons. The van der Waals surface area contributed by atoms with Crippen LogP contribution in [0, 0.1) is 5.82 Å². The third-order valence-corrected chi connectivity index (χ3v) is 6.87. The summed E-state index contributed by atoms with van der Waals surface area (Å²) >= 11 is 0. The number of ether oxygens (including phenoxy) is 2.